The fraction of sp³-hybridized carbons (Fsp3) is 0.778. The first-order valence-corrected chi connectivity index (χ1v) is 4.62. The van der Waals surface area contributed by atoms with Crippen LogP contribution in [-0.4, -0.2) is 37.8 Å². The van der Waals surface area contributed by atoms with Gasteiger partial charge in [0.25, 0.3) is 0 Å². The summed E-state index contributed by atoms with van der Waals surface area (Å²) in [5, 5.41) is 0. The minimum absolute atomic E-state index is 0.834. The van der Waals surface area contributed by atoms with E-state index < -0.39 is 0 Å². The molecule has 1 fully saturated rings. The molecule has 0 unspecified atom stereocenters. The molecule has 0 aromatic carbocycles. The van der Waals surface area contributed by atoms with Crippen LogP contribution in [0.15, 0.2) is 12.0 Å². The molecule has 68 valence electrons. The summed E-state index contributed by atoms with van der Waals surface area (Å²) < 4.78 is 10.8. The van der Waals surface area contributed by atoms with Crippen molar-refractivity contribution < 1.29 is 9.47 Å². The molecule has 0 aliphatic carbocycles. The molecule has 2 heterocycles. The zero-order chi connectivity index (χ0) is 8.23. The topological polar surface area (TPSA) is 21.7 Å². The molecular formula is C9H15NO2. The minimum Gasteiger partial charge on any atom is -0.479 e. The first-order chi connectivity index (χ1) is 5.97. The lowest BCUT2D eigenvalue weighted by Gasteiger charge is -2.31. The van der Waals surface area contributed by atoms with Crippen LogP contribution in [0.25, 0.3) is 0 Å². The third-order valence-corrected chi connectivity index (χ3v) is 2.24. The Hall–Kier alpha value is -0.700. The van der Waals surface area contributed by atoms with Crippen molar-refractivity contribution in [1.29, 1.82) is 0 Å². The number of hydrogen-bond donors (Lipinski definition) is 0. The van der Waals surface area contributed by atoms with Crippen LogP contribution in [0.5, 0.6) is 0 Å². The molecule has 2 aliphatic rings. The van der Waals surface area contributed by atoms with Gasteiger partial charge in [-0.3, -0.25) is 0 Å². The molecule has 12 heavy (non-hydrogen) atoms. The maximum atomic E-state index is 5.55. The van der Waals surface area contributed by atoms with Crippen LogP contribution < -0.4 is 0 Å². The molecule has 0 saturated carbocycles. The zero-order valence-corrected chi connectivity index (χ0v) is 7.29. The van der Waals surface area contributed by atoms with E-state index in [9.17, 15) is 0 Å². The van der Waals surface area contributed by atoms with E-state index >= 15 is 0 Å². The number of allylic oxidation sites excluding steroid dienone is 1. The van der Waals surface area contributed by atoms with Crippen molar-refractivity contribution in [1.82, 2.24) is 4.90 Å². The number of nitrogens with zero attached hydrogens (tertiary/aromatic N) is 1. The maximum absolute atomic E-state index is 5.55. The summed E-state index contributed by atoms with van der Waals surface area (Å²) in [7, 11) is 0. The Morgan fingerprint density at radius 3 is 2.67 bits per heavy atom. The van der Waals surface area contributed by atoms with Crippen LogP contribution in [0.3, 0.4) is 0 Å². The summed E-state index contributed by atoms with van der Waals surface area (Å²) in [6.45, 7) is 4.50. The van der Waals surface area contributed by atoms with Crippen molar-refractivity contribution in [3.63, 3.8) is 0 Å². The average molecular weight is 169 g/mol. The Balaban J connectivity index is 1.92. The Kier molecular flexibility index (Phi) is 2.51. The average Bonchev–Trinajstić information content (AvgIpc) is 2.21. The molecular weight excluding hydrogens is 154 g/mol. The number of ether oxygens (including phenoxy) is 2. The molecule has 0 aromatic heterocycles. The molecule has 0 atom stereocenters. The van der Waals surface area contributed by atoms with Gasteiger partial charge in [-0.2, -0.15) is 0 Å². The summed E-state index contributed by atoms with van der Waals surface area (Å²) in [5.74, 6) is 1.07. The first kappa shape index (κ1) is 7.92. The lowest BCUT2D eigenvalue weighted by Crippen LogP contribution is -2.37. The lowest BCUT2D eigenvalue weighted by atomic mass is 10.2. The van der Waals surface area contributed by atoms with Crippen molar-refractivity contribution in [3.05, 3.63) is 12.0 Å². The van der Waals surface area contributed by atoms with Crippen LogP contribution in [0.4, 0.5) is 0 Å². The van der Waals surface area contributed by atoms with Crippen LogP contribution in [0, 0.1) is 0 Å². The molecule has 0 bridgehead atoms. The Labute approximate surface area is 72.9 Å². The van der Waals surface area contributed by atoms with Gasteiger partial charge in [-0.25, -0.2) is 0 Å². The summed E-state index contributed by atoms with van der Waals surface area (Å²) in [6, 6.07) is 0. The molecule has 0 aromatic rings. The van der Waals surface area contributed by atoms with Crippen molar-refractivity contribution in [3.8, 4) is 0 Å². The standard InChI is InChI=1S/C9H15NO2/c1-2-6-12-9(3-1)10-4-7-11-8-5-10/h3H,1-2,4-8H2. The van der Waals surface area contributed by atoms with Crippen molar-refractivity contribution in [2.45, 2.75) is 12.8 Å². The summed E-state index contributed by atoms with van der Waals surface area (Å²) in [5.41, 5.74) is 0. The SMILES string of the molecule is C1=C(N2CCOCC2)OCCC1. The van der Waals surface area contributed by atoms with Crippen LogP contribution in [0.1, 0.15) is 12.8 Å². The van der Waals surface area contributed by atoms with Crippen molar-refractivity contribution >= 4 is 0 Å². The van der Waals surface area contributed by atoms with Gasteiger partial charge in [0, 0.05) is 13.1 Å². The zero-order valence-electron chi connectivity index (χ0n) is 7.29. The molecule has 0 N–H and O–H groups in total. The van der Waals surface area contributed by atoms with Gasteiger partial charge < -0.3 is 14.4 Å². The summed E-state index contributed by atoms with van der Waals surface area (Å²) in [6.07, 6.45) is 4.51. The van der Waals surface area contributed by atoms with E-state index in [-0.39, 0.29) is 0 Å². The van der Waals surface area contributed by atoms with E-state index in [0.29, 0.717) is 0 Å². The van der Waals surface area contributed by atoms with E-state index in [0.717, 1.165) is 51.6 Å². The van der Waals surface area contributed by atoms with E-state index in [1.165, 1.54) is 0 Å². The van der Waals surface area contributed by atoms with Gasteiger partial charge >= 0.3 is 0 Å². The third-order valence-electron chi connectivity index (χ3n) is 2.24. The predicted octanol–water partition coefficient (Wildman–Crippen LogP) is 0.970. The Morgan fingerprint density at radius 1 is 1.17 bits per heavy atom. The number of morpholine rings is 1. The van der Waals surface area contributed by atoms with E-state index in [2.05, 4.69) is 11.0 Å². The lowest BCUT2D eigenvalue weighted by molar-refractivity contribution is 0.0100. The van der Waals surface area contributed by atoms with Crippen molar-refractivity contribution in [2.24, 2.45) is 0 Å². The molecule has 0 radical (unpaired) electrons. The van der Waals surface area contributed by atoms with Gasteiger partial charge in [-0.1, -0.05) is 0 Å². The highest BCUT2D eigenvalue weighted by atomic mass is 16.5. The highest BCUT2D eigenvalue weighted by Crippen LogP contribution is 2.15. The monoisotopic (exact) mass is 169 g/mol. The highest BCUT2D eigenvalue weighted by molar-refractivity contribution is 4.96. The largest absolute Gasteiger partial charge is 0.479 e. The highest BCUT2D eigenvalue weighted by Gasteiger charge is 2.15. The Morgan fingerprint density at radius 2 is 2.00 bits per heavy atom. The smallest absolute Gasteiger partial charge is 0.185 e. The fourth-order valence-corrected chi connectivity index (χ4v) is 1.55. The third kappa shape index (κ3) is 1.72. The van der Waals surface area contributed by atoms with Crippen LogP contribution in [-0.2, 0) is 9.47 Å². The first-order valence-electron chi connectivity index (χ1n) is 4.62. The molecule has 0 amide bonds. The van der Waals surface area contributed by atoms with E-state index in [4.69, 9.17) is 9.47 Å². The fourth-order valence-electron chi connectivity index (χ4n) is 1.55. The van der Waals surface area contributed by atoms with Gasteiger partial charge in [0.1, 0.15) is 0 Å². The van der Waals surface area contributed by atoms with Crippen molar-refractivity contribution in [2.75, 3.05) is 32.9 Å². The normalized spacial score (nSPS) is 24.7. The van der Waals surface area contributed by atoms with E-state index in [1.807, 2.05) is 0 Å². The number of rotatable bonds is 1. The number of hydrogen-bond acceptors (Lipinski definition) is 3. The van der Waals surface area contributed by atoms with Gasteiger partial charge in [0.15, 0.2) is 5.88 Å². The molecule has 1 saturated heterocycles. The summed E-state index contributed by atoms with van der Waals surface area (Å²) >= 11 is 0. The molecule has 3 heteroatoms. The Bertz CT molecular complexity index is 173. The molecule has 0 spiro atoms. The van der Waals surface area contributed by atoms with Crippen LogP contribution in [0.2, 0.25) is 0 Å². The molecule has 2 aliphatic heterocycles. The van der Waals surface area contributed by atoms with Gasteiger partial charge in [0.2, 0.25) is 0 Å². The molecule has 3 nitrogen and oxygen atoms in total. The maximum Gasteiger partial charge on any atom is 0.185 e. The van der Waals surface area contributed by atoms with Gasteiger partial charge in [0.05, 0.1) is 19.8 Å². The second kappa shape index (κ2) is 3.81. The minimum atomic E-state index is 0.834. The van der Waals surface area contributed by atoms with E-state index in [1.54, 1.807) is 0 Å². The second-order valence-electron chi connectivity index (χ2n) is 3.13. The van der Waals surface area contributed by atoms with Gasteiger partial charge in [-0.15, -0.1) is 0 Å². The quantitative estimate of drug-likeness (QED) is 0.584. The predicted molar refractivity (Wildman–Crippen MR) is 45.7 cm³/mol. The molecule has 2 rings (SSSR count). The summed E-state index contributed by atoms with van der Waals surface area (Å²) in [4.78, 5) is 2.27. The van der Waals surface area contributed by atoms with Crippen LogP contribution >= 0.6 is 0 Å². The van der Waals surface area contributed by atoms with Gasteiger partial charge in [-0.05, 0) is 18.9 Å². The second-order valence-corrected chi connectivity index (χ2v) is 3.13.